The number of aromatic amines is 1. The quantitative estimate of drug-likeness (QED) is 0.731. The van der Waals surface area contributed by atoms with Crippen LogP contribution in [-0.4, -0.2) is 10.9 Å². The van der Waals surface area contributed by atoms with Crippen LogP contribution in [0.4, 0.5) is 4.39 Å². The van der Waals surface area contributed by atoms with E-state index >= 15 is 0 Å². The van der Waals surface area contributed by atoms with Crippen LogP contribution in [0, 0.1) is 5.82 Å². The number of rotatable bonds is 5. The third-order valence-corrected chi connectivity index (χ3v) is 4.08. The smallest absolute Gasteiger partial charge is 0.220 e. The molecule has 0 aliphatic rings. The number of carbonyl (C=O) groups excluding carboxylic acids is 1. The van der Waals surface area contributed by atoms with Crippen LogP contribution in [0.15, 0.2) is 54.7 Å². The highest BCUT2D eigenvalue weighted by Crippen LogP contribution is 2.20. The van der Waals surface area contributed by atoms with Crippen molar-refractivity contribution in [1.82, 2.24) is 10.3 Å². The van der Waals surface area contributed by atoms with Crippen LogP contribution < -0.4 is 5.32 Å². The lowest BCUT2D eigenvalue weighted by molar-refractivity contribution is -0.121. The highest BCUT2D eigenvalue weighted by Gasteiger charge is 2.12. The molecule has 0 aliphatic heterocycles. The van der Waals surface area contributed by atoms with Gasteiger partial charge in [0.15, 0.2) is 0 Å². The zero-order chi connectivity index (χ0) is 16.2. The lowest BCUT2D eigenvalue weighted by Gasteiger charge is -2.12. The van der Waals surface area contributed by atoms with Gasteiger partial charge in [-0.25, -0.2) is 4.39 Å². The number of aromatic nitrogens is 1. The van der Waals surface area contributed by atoms with Crippen LogP contribution >= 0.6 is 0 Å². The van der Waals surface area contributed by atoms with Gasteiger partial charge in [0.2, 0.25) is 5.91 Å². The topological polar surface area (TPSA) is 44.9 Å². The number of benzene rings is 2. The fourth-order valence-corrected chi connectivity index (χ4v) is 2.73. The summed E-state index contributed by atoms with van der Waals surface area (Å²) in [6, 6.07) is 14.3. The molecule has 2 N–H and O–H groups in total. The summed E-state index contributed by atoms with van der Waals surface area (Å²) in [5.41, 5.74) is 3.11. The minimum absolute atomic E-state index is 0.00731. The van der Waals surface area contributed by atoms with Crippen molar-refractivity contribution >= 4 is 16.8 Å². The highest BCUT2D eigenvalue weighted by molar-refractivity contribution is 5.84. The Kier molecular flexibility index (Phi) is 4.42. The summed E-state index contributed by atoms with van der Waals surface area (Å²) < 4.78 is 12.9. The first-order valence-corrected chi connectivity index (χ1v) is 7.70. The molecule has 2 aromatic carbocycles. The van der Waals surface area contributed by atoms with E-state index in [1.807, 2.05) is 37.4 Å². The van der Waals surface area contributed by atoms with E-state index in [4.69, 9.17) is 0 Å². The lowest BCUT2D eigenvalue weighted by atomic mass is 9.97. The van der Waals surface area contributed by atoms with Crippen LogP contribution in [0.3, 0.4) is 0 Å². The van der Waals surface area contributed by atoms with Gasteiger partial charge in [0, 0.05) is 30.1 Å². The fourth-order valence-electron chi connectivity index (χ4n) is 2.73. The Bertz CT molecular complexity index is 808. The molecule has 0 spiro atoms. The van der Waals surface area contributed by atoms with E-state index < -0.39 is 0 Å². The van der Waals surface area contributed by atoms with Crippen molar-refractivity contribution in [2.45, 2.75) is 25.8 Å². The molecule has 0 bridgehead atoms. The van der Waals surface area contributed by atoms with E-state index in [1.165, 1.54) is 12.1 Å². The first kappa shape index (κ1) is 15.3. The summed E-state index contributed by atoms with van der Waals surface area (Å²) in [4.78, 5) is 15.3. The summed E-state index contributed by atoms with van der Waals surface area (Å²) in [6.07, 6.45) is 2.31. The van der Waals surface area contributed by atoms with Gasteiger partial charge in [0.1, 0.15) is 5.82 Å². The predicted octanol–water partition coefficient (Wildman–Crippen LogP) is 4.12. The van der Waals surface area contributed by atoms with Crippen molar-refractivity contribution in [3.8, 4) is 0 Å². The first-order chi connectivity index (χ1) is 11.1. The second-order valence-electron chi connectivity index (χ2n) is 5.79. The predicted molar refractivity (Wildman–Crippen MR) is 89.6 cm³/mol. The summed E-state index contributed by atoms with van der Waals surface area (Å²) >= 11 is 0. The number of hydrogen-bond acceptors (Lipinski definition) is 1. The maximum absolute atomic E-state index is 12.9. The van der Waals surface area contributed by atoms with E-state index in [0.29, 0.717) is 13.0 Å². The van der Waals surface area contributed by atoms with Gasteiger partial charge in [-0.1, -0.05) is 37.3 Å². The molecule has 4 heteroatoms. The maximum Gasteiger partial charge on any atom is 0.220 e. The maximum atomic E-state index is 12.9. The van der Waals surface area contributed by atoms with Gasteiger partial charge in [-0.3, -0.25) is 4.79 Å². The van der Waals surface area contributed by atoms with E-state index in [9.17, 15) is 9.18 Å². The molecule has 0 radical (unpaired) electrons. The van der Waals surface area contributed by atoms with Gasteiger partial charge in [-0.05, 0) is 35.2 Å². The lowest BCUT2D eigenvalue weighted by Crippen LogP contribution is -2.23. The molecule has 1 unspecified atom stereocenters. The van der Waals surface area contributed by atoms with Crippen molar-refractivity contribution in [3.63, 3.8) is 0 Å². The summed E-state index contributed by atoms with van der Waals surface area (Å²) in [6.45, 7) is 2.47. The Balaban J connectivity index is 1.58. The number of halogens is 1. The number of H-pyrrole nitrogens is 1. The molecule has 23 heavy (non-hydrogen) atoms. The number of amides is 1. The van der Waals surface area contributed by atoms with Crippen LogP contribution in [0.5, 0.6) is 0 Å². The van der Waals surface area contributed by atoms with Crippen molar-refractivity contribution < 1.29 is 9.18 Å². The van der Waals surface area contributed by atoms with Gasteiger partial charge in [0.25, 0.3) is 0 Å². The molecule has 1 heterocycles. The van der Waals surface area contributed by atoms with Crippen LogP contribution in [0.2, 0.25) is 0 Å². The normalized spacial score (nSPS) is 12.3. The van der Waals surface area contributed by atoms with Crippen LogP contribution in [0.1, 0.15) is 30.4 Å². The molecule has 118 valence electrons. The van der Waals surface area contributed by atoms with E-state index in [2.05, 4.69) is 10.3 Å². The van der Waals surface area contributed by atoms with Crippen LogP contribution in [-0.2, 0) is 11.3 Å². The highest BCUT2D eigenvalue weighted by atomic mass is 19.1. The molecule has 1 aromatic heterocycles. The minimum atomic E-state index is -0.260. The Labute approximate surface area is 134 Å². The molecule has 3 rings (SSSR count). The second kappa shape index (κ2) is 6.65. The molecule has 3 aromatic rings. The third kappa shape index (κ3) is 3.59. The van der Waals surface area contributed by atoms with Crippen LogP contribution in [0.25, 0.3) is 10.9 Å². The molecule has 0 saturated heterocycles. The number of para-hydroxylation sites is 1. The van der Waals surface area contributed by atoms with Crippen molar-refractivity contribution in [1.29, 1.82) is 0 Å². The zero-order valence-corrected chi connectivity index (χ0v) is 13.0. The van der Waals surface area contributed by atoms with Crippen molar-refractivity contribution in [2.24, 2.45) is 0 Å². The Morgan fingerprint density at radius 1 is 1.17 bits per heavy atom. The Morgan fingerprint density at radius 3 is 2.70 bits per heavy atom. The van der Waals surface area contributed by atoms with Gasteiger partial charge >= 0.3 is 0 Å². The van der Waals surface area contributed by atoms with Crippen molar-refractivity contribution in [3.05, 3.63) is 71.7 Å². The van der Waals surface area contributed by atoms with E-state index in [-0.39, 0.29) is 17.6 Å². The molecule has 0 fully saturated rings. The second-order valence-corrected chi connectivity index (χ2v) is 5.79. The fraction of sp³-hybridized carbons (Fsp3) is 0.211. The molecule has 1 atom stereocenters. The monoisotopic (exact) mass is 310 g/mol. The Hall–Kier alpha value is -2.62. The first-order valence-electron chi connectivity index (χ1n) is 7.70. The van der Waals surface area contributed by atoms with E-state index in [1.54, 1.807) is 12.1 Å². The average Bonchev–Trinajstić information content (AvgIpc) is 2.97. The largest absolute Gasteiger partial charge is 0.361 e. The van der Waals surface area contributed by atoms with Gasteiger partial charge in [-0.2, -0.15) is 0 Å². The average molecular weight is 310 g/mol. The number of nitrogens with one attached hydrogen (secondary N) is 2. The number of hydrogen-bond donors (Lipinski definition) is 2. The SMILES string of the molecule is CC(CC(=O)NCc1c[nH]c2ccccc12)c1ccc(F)cc1. The third-order valence-electron chi connectivity index (χ3n) is 4.08. The van der Waals surface area contributed by atoms with E-state index in [0.717, 1.165) is 22.0 Å². The minimum Gasteiger partial charge on any atom is -0.361 e. The molecular formula is C19H19FN2O. The van der Waals surface area contributed by atoms with Gasteiger partial charge in [0.05, 0.1) is 0 Å². The zero-order valence-electron chi connectivity index (χ0n) is 13.0. The molecule has 0 aliphatic carbocycles. The van der Waals surface area contributed by atoms with Crippen molar-refractivity contribution in [2.75, 3.05) is 0 Å². The standard InChI is InChI=1S/C19H19FN2O/c1-13(14-6-8-16(20)9-7-14)10-19(23)22-12-15-11-21-18-5-3-2-4-17(15)18/h2-9,11,13,21H,10,12H2,1H3,(H,22,23). The number of fused-ring (bicyclic) bond motifs is 1. The summed E-state index contributed by atoms with van der Waals surface area (Å²) in [7, 11) is 0. The Morgan fingerprint density at radius 2 is 1.91 bits per heavy atom. The molecular weight excluding hydrogens is 291 g/mol. The molecule has 1 amide bonds. The number of carbonyl (C=O) groups is 1. The molecule has 3 nitrogen and oxygen atoms in total. The van der Waals surface area contributed by atoms with Gasteiger partial charge < -0.3 is 10.3 Å². The summed E-state index contributed by atoms with van der Waals surface area (Å²) in [5.74, 6) is -0.213. The summed E-state index contributed by atoms with van der Waals surface area (Å²) in [5, 5.41) is 4.08. The molecule has 0 saturated carbocycles. The van der Waals surface area contributed by atoms with Gasteiger partial charge in [-0.15, -0.1) is 0 Å².